The zero-order chi connectivity index (χ0) is 17.1. The molecule has 0 radical (unpaired) electrons. The Labute approximate surface area is 141 Å². The molecule has 1 amide bonds. The van der Waals surface area contributed by atoms with Crippen molar-refractivity contribution in [3.8, 4) is 0 Å². The van der Waals surface area contributed by atoms with Crippen LogP contribution in [0.1, 0.15) is 37.9 Å². The van der Waals surface area contributed by atoms with Crippen LogP contribution >= 0.6 is 0 Å². The minimum atomic E-state index is -0.104. The van der Waals surface area contributed by atoms with Gasteiger partial charge in [-0.05, 0) is 13.5 Å². The third-order valence-corrected chi connectivity index (χ3v) is 4.30. The van der Waals surface area contributed by atoms with E-state index in [0.717, 1.165) is 6.42 Å². The smallest absolute Gasteiger partial charge is 0.292 e. The fourth-order valence-electron chi connectivity index (χ4n) is 2.84. The minimum Gasteiger partial charge on any atom is -0.494 e. The number of likely N-dealkylation sites (N-methyl/N-ethyl adjacent to an activating group) is 1. The van der Waals surface area contributed by atoms with Crippen LogP contribution in [-0.2, 0) is 20.8 Å². The van der Waals surface area contributed by atoms with Crippen molar-refractivity contribution in [1.29, 1.82) is 0 Å². The van der Waals surface area contributed by atoms with Crippen molar-refractivity contribution in [2.45, 2.75) is 38.8 Å². The second-order valence-corrected chi connectivity index (χ2v) is 6.51. The summed E-state index contributed by atoms with van der Waals surface area (Å²) >= 11 is 0. The average molecular weight is 336 g/mol. The average Bonchev–Trinajstić information content (AvgIpc) is 3.24. The van der Waals surface area contributed by atoms with Crippen LogP contribution in [0, 0.1) is 0 Å². The first-order valence-electron chi connectivity index (χ1n) is 8.31. The van der Waals surface area contributed by atoms with E-state index in [9.17, 15) is 4.79 Å². The molecule has 0 unspecified atom stereocenters. The van der Waals surface area contributed by atoms with Gasteiger partial charge in [-0.15, -0.1) is 0 Å². The van der Waals surface area contributed by atoms with E-state index in [2.05, 4.69) is 15.0 Å². The predicted octanol–water partition coefficient (Wildman–Crippen LogP) is 1.11. The maximum Gasteiger partial charge on any atom is 0.292 e. The Morgan fingerprint density at radius 3 is 2.96 bits per heavy atom. The second kappa shape index (κ2) is 7.21. The molecule has 0 aliphatic carbocycles. The highest BCUT2D eigenvalue weighted by atomic mass is 16.6. The van der Waals surface area contributed by atoms with Crippen LogP contribution in [0.15, 0.2) is 16.5 Å². The standard InChI is InChI=1S/C16H24N4O4/c1-11(2)15-17-14(18-24-15)9-19(3)12-4-5-20(8-12)16(21)13-10-22-6-7-23-13/h10-12H,4-9H2,1-3H3/t12-/m1/s1. The number of carbonyl (C=O) groups excluding carboxylic acids is 1. The fourth-order valence-corrected chi connectivity index (χ4v) is 2.84. The van der Waals surface area contributed by atoms with Crippen molar-refractivity contribution >= 4 is 5.91 Å². The number of ether oxygens (including phenoxy) is 2. The van der Waals surface area contributed by atoms with Crippen LogP contribution in [0.2, 0.25) is 0 Å². The lowest BCUT2D eigenvalue weighted by molar-refractivity contribution is -0.131. The van der Waals surface area contributed by atoms with Crippen LogP contribution in [0.3, 0.4) is 0 Å². The molecular formula is C16H24N4O4. The van der Waals surface area contributed by atoms with Crippen LogP contribution < -0.4 is 0 Å². The molecule has 0 spiro atoms. The van der Waals surface area contributed by atoms with Gasteiger partial charge in [0, 0.05) is 25.0 Å². The Hall–Kier alpha value is -2.09. The van der Waals surface area contributed by atoms with Gasteiger partial charge >= 0.3 is 0 Å². The van der Waals surface area contributed by atoms with E-state index in [1.807, 2.05) is 20.9 Å². The lowest BCUT2D eigenvalue weighted by Gasteiger charge is -2.24. The highest BCUT2D eigenvalue weighted by molar-refractivity contribution is 5.91. The number of likely N-dealkylation sites (tertiary alicyclic amines) is 1. The van der Waals surface area contributed by atoms with E-state index in [4.69, 9.17) is 14.0 Å². The number of amides is 1. The molecule has 2 aliphatic heterocycles. The molecule has 1 aromatic heterocycles. The molecule has 0 saturated carbocycles. The summed E-state index contributed by atoms with van der Waals surface area (Å²) in [4.78, 5) is 20.8. The van der Waals surface area contributed by atoms with E-state index in [-0.39, 0.29) is 17.9 Å². The number of hydrogen-bond acceptors (Lipinski definition) is 7. The summed E-state index contributed by atoms with van der Waals surface area (Å²) in [5.74, 6) is 1.75. The summed E-state index contributed by atoms with van der Waals surface area (Å²) in [5, 5.41) is 4.02. The molecule has 1 aromatic rings. The Kier molecular flexibility index (Phi) is 5.03. The molecule has 1 fully saturated rings. The van der Waals surface area contributed by atoms with Crippen LogP contribution in [-0.4, -0.2) is 65.2 Å². The van der Waals surface area contributed by atoms with Gasteiger partial charge in [-0.3, -0.25) is 9.69 Å². The predicted molar refractivity (Wildman–Crippen MR) is 84.8 cm³/mol. The molecule has 2 aliphatic rings. The Morgan fingerprint density at radius 2 is 2.29 bits per heavy atom. The van der Waals surface area contributed by atoms with E-state index in [1.54, 1.807) is 4.90 Å². The molecular weight excluding hydrogens is 312 g/mol. The first kappa shape index (κ1) is 16.8. The Balaban J connectivity index is 1.54. The summed E-state index contributed by atoms with van der Waals surface area (Å²) in [5.41, 5.74) is 0. The van der Waals surface area contributed by atoms with Crippen LogP contribution in [0.25, 0.3) is 0 Å². The molecule has 0 aromatic carbocycles. The first-order valence-corrected chi connectivity index (χ1v) is 8.31. The summed E-state index contributed by atoms with van der Waals surface area (Å²) < 4.78 is 15.8. The normalized spacial score (nSPS) is 21.0. The van der Waals surface area contributed by atoms with Gasteiger partial charge in [-0.25, -0.2) is 0 Å². The topological polar surface area (TPSA) is 80.9 Å². The first-order chi connectivity index (χ1) is 11.5. The SMILES string of the molecule is CC(C)c1nc(CN(C)[C@@H]2CCN(C(=O)C3=COCCO3)C2)no1. The molecule has 0 N–H and O–H groups in total. The van der Waals surface area contributed by atoms with E-state index >= 15 is 0 Å². The van der Waals surface area contributed by atoms with E-state index in [0.29, 0.717) is 50.3 Å². The maximum absolute atomic E-state index is 12.4. The zero-order valence-electron chi connectivity index (χ0n) is 14.4. The van der Waals surface area contributed by atoms with Gasteiger partial charge in [-0.1, -0.05) is 19.0 Å². The van der Waals surface area contributed by atoms with Gasteiger partial charge in [-0.2, -0.15) is 4.98 Å². The molecule has 132 valence electrons. The molecule has 8 nitrogen and oxygen atoms in total. The minimum absolute atomic E-state index is 0.104. The van der Waals surface area contributed by atoms with Crippen LogP contribution in [0.4, 0.5) is 0 Å². The third kappa shape index (κ3) is 3.69. The van der Waals surface area contributed by atoms with Gasteiger partial charge < -0.3 is 18.9 Å². The molecule has 24 heavy (non-hydrogen) atoms. The summed E-state index contributed by atoms with van der Waals surface area (Å²) in [6, 6.07) is 0.264. The number of nitrogens with zero attached hydrogens (tertiary/aromatic N) is 4. The van der Waals surface area contributed by atoms with Gasteiger partial charge in [0.1, 0.15) is 19.5 Å². The maximum atomic E-state index is 12.4. The van der Waals surface area contributed by atoms with Gasteiger partial charge in [0.2, 0.25) is 11.6 Å². The Morgan fingerprint density at radius 1 is 1.46 bits per heavy atom. The molecule has 0 bridgehead atoms. The Bertz CT molecular complexity index is 613. The molecule has 1 atom stereocenters. The lowest BCUT2D eigenvalue weighted by Crippen LogP contribution is -2.37. The fraction of sp³-hybridized carbons (Fsp3) is 0.688. The van der Waals surface area contributed by atoms with Crippen molar-refractivity contribution in [2.24, 2.45) is 0 Å². The van der Waals surface area contributed by atoms with Gasteiger partial charge in [0.05, 0.1) is 6.54 Å². The van der Waals surface area contributed by atoms with Gasteiger partial charge in [0.15, 0.2) is 5.82 Å². The van der Waals surface area contributed by atoms with E-state index < -0.39 is 0 Å². The quantitative estimate of drug-likeness (QED) is 0.797. The summed E-state index contributed by atoms with van der Waals surface area (Å²) in [6.45, 7) is 6.92. The molecule has 8 heteroatoms. The largest absolute Gasteiger partial charge is 0.494 e. The van der Waals surface area contributed by atoms with Crippen molar-refractivity contribution in [3.05, 3.63) is 23.7 Å². The van der Waals surface area contributed by atoms with Gasteiger partial charge in [0.25, 0.3) is 5.91 Å². The zero-order valence-corrected chi connectivity index (χ0v) is 14.4. The summed E-state index contributed by atoms with van der Waals surface area (Å²) in [7, 11) is 2.02. The highest BCUT2D eigenvalue weighted by Crippen LogP contribution is 2.20. The van der Waals surface area contributed by atoms with Crippen molar-refractivity contribution < 1.29 is 18.8 Å². The summed E-state index contributed by atoms with van der Waals surface area (Å²) in [6.07, 6.45) is 2.32. The number of carbonyl (C=O) groups is 1. The molecule has 3 rings (SSSR count). The van der Waals surface area contributed by atoms with Crippen molar-refractivity contribution in [2.75, 3.05) is 33.4 Å². The number of aromatic nitrogens is 2. The number of hydrogen-bond donors (Lipinski definition) is 0. The van der Waals surface area contributed by atoms with Crippen molar-refractivity contribution in [1.82, 2.24) is 19.9 Å². The monoisotopic (exact) mass is 336 g/mol. The number of rotatable bonds is 5. The lowest BCUT2D eigenvalue weighted by atomic mass is 10.2. The molecule has 1 saturated heterocycles. The van der Waals surface area contributed by atoms with Crippen LogP contribution in [0.5, 0.6) is 0 Å². The van der Waals surface area contributed by atoms with E-state index in [1.165, 1.54) is 6.26 Å². The molecule has 3 heterocycles. The van der Waals surface area contributed by atoms with Crippen molar-refractivity contribution in [3.63, 3.8) is 0 Å². The third-order valence-electron chi connectivity index (χ3n) is 4.30. The second-order valence-electron chi connectivity index (χ2n) is 6.51. The highest BCUT2D eigenvalue weighted by Gasteiger charge is 2.32.